The van der Waals surface area contributed by atoms with E-state index in [4.69, 9.17) is 5.73 Å². The minimum absolute atomic E-state index is 0.0363. The first-order valence-corrected chi connectivity index (χ1v) is 7.28. The average Bonchev–Trinajstić information content (AvgIpc) is 2.93. The summed E-state index contributed by atoms with van der Waals surface area (Å²) in [6, 6.07) is 9.10. The van der Waals surface area contributed by atoms with Gasteiger partial charge in [-0.1, -0.05) is 6.07 Å². The molecule has 0 saturated heterocycles. The van der Waals surface area contributed by atoms with Crippen LogP contribution in [0.25, 0.3) is 0 Å². The van der Waals surface area contributed by atoms with Gasteiger partial charge in [0, 0.05) is 42.1 Å². The zero-order valence-electron chi connectivity index (χ0n) is 11.9. The largest absolute Gasteiger partial charge is 0.380 e. The Hall–Kier alpha value is -2.34. The number of nitrogens with one attached hydrogen (secondary N) is 1. The van der Waals surface area contributed by atoms with E-state index in [2.05, 4.69) is 5.32 Å². The van der Waals surface area contributed by atoms with E-state index in [1.54, 1.807) is 31.6 Å². The minimum atomic E-state index is -0.420. The van der Waals surface area contributed by atoms with Crippen LogP contribution in [0.2, 0.25) is 0 Å². The lowest BCUT2D eigenvalue weighted by molar-refractivity contribution is 0.0827. The fourth-order valence-corrected chi connectivity index (χ4v) is 2.63. The molecule has 0 radical (unpaired) electrons. The number of thiophene rings is 1. The van der Waals surface area contributed by atoms with Crippen LogP contribution in [0.15, 0.2) is 35.7 Å². The number of amides is 2. The van der Waals surface area contributed by atoms with Crippen molar-refractivity contribution < 1.29 is 9.59 Å². The molecule has 6 heteroatoms. The highest BCUT2D eigenvalue weighted by atomic mass is 32.1. The summed E-state index contributed by atoms with van der Waals surface area (Å²) < 4.78 is 0. The Labute approximate surface area is 127 Å². The van der Waals surface area contributed by atoms with Gasteiger partial charge in [-0.25, -0.2) is 0 Å². The lowest BCUT2D eigenvalue weighted by Crippen LogP contribution is -2.21. The second-order valence-electron chi connectivity index (χ2n) is 4.80. The second-order valence-corrected chi connectivity index (χ2v) is 5.80. The molecule has 5 nitrogen and oxygen atoms in total. The number of anilines is 1. The van der Waals surface area contributed by atoms with Crippen molar-refractivity contribution in [2.24, 2.45) is 5.73 Å². The molecule has 0 aliphatic rings. The first-order valence-electron chi connectivity index (χ1n) is 6.40. The topological polar surface area (TPSA) is 75.4 Å². The Morgan fingerprint density at radius 2 is 2.00 bits per heavy atom. The highest BCUT2D eigenvalue weighted by Gasteiger charge is 2.08. The van der Waals surface area contributed by atoms with E-state index in [0.717, 1.165) is 10.6 Å². The molecule has 0 bridgehead atoms. The predicted molar refractivity (Wildman–Crippen MR) is 84.6 cm³/mol. The molecule has 0 spiro atoms. The van der Waals surface area contributed by atoms with Crippen LogP contribution in [0.3, 0.4) is 0 Å². The fraction of sp³-hybridized carbons (Fsp3) is 0.200. The molecule has 0 aliphatic carbocycles. The van der Waals surface area contributed by atoms with Gasteiger partial charge in [-0.05, 0) is 24.3 Å². The average molecular weight is 303 g/mol. The molecule has 2 aromatic rings. The van der Waals surface area contributed by atoms with Gasteiger partial charge >= 0.3 is 0 Å². The lowest BCUT2D eigenvalue weighted by atomic mass is 10.2. The van der Waals surface area contributed by atoms with Crippen LogP contribution >= 0.6 is 11.3 Å². The Kier molecular flexibility index (Phi) is 4.59. The third-order valence-corrected chi connectivity index (χ3v) is 3.86. The van der Waals surface area contributed by atoms with Gasteiger partial charge < -0.3 is 16.0 Å². The van der Waals surface area contributed by atoms with Crippen molar-refractivity contribution in [1.29, 1.82) is 0 Å². The normalized spacial score (nSPS) is 10.2. The first-order chi connectivity index (χ1) is 9.97. The van der Waals surface area contributed by atoms with Gasteiger partial charge in [0.2, 0.25) is 5.91 Å². The van der Waals surface area contributed by atoms with Gasteiger partial charge in [0.05, 0.1) is 5.56 Å². The summed E-state index contributed by atoms with van der Waals surface area (Å²) >= 11 is 1.47. The molecule has 1 aromatic heterocycles. The van der Waals surface area contributed by atoms with Crippen molar-refractivity contribution in [2.75, 3.05) is 19.4 Å². The molecule has 0 saturated carbocycles. The monoisotopic (exact) mass is 303 g/mol. The van der Waals surface area contributed by atoms with E-state index in [1.165, 1.54) is 16.2 Å². The number of carbonyl (C=O) groups is 2. The maximum atomic E-state index is 11.9. The summed E-state index contributed by atoms with van der Waals surface area (Å²) in [6.45, 7) is 0.581. The zero-order chi connectivity index (χ0) is 15.4. The van der Waals surface area contributed by atoms with Crippen LogP contribution in [0.5, 0.6) is 0 Å². The third kappa shape index (κ3) is 3.82. The highest BCUT2D eigenvalue weighted by molar-refractivity contribution is 7.10. The zero-order valence-corrected chi connectivity index (χ0v) is 12.7. The highest BCUT2D eigenvalue weighted by Crippen LogP contribution is 2.17. The molecule has 2 rings (SSSR count). The van der Waals surface area contributed by atoms with Crippen molar-refractivity contribution in [3.05, 3.63) is 51.7 Å². The molecular weight excluding hydrogens is 286 g/mol. The van der Waals surface area contributed by atoms with Crippen LogP contribution in [-0.2, 0) is 6.54 Å². The SMILES string of the molecule is CN(C)C(=O)c1cccc(NCc2cc(C(N)=O)cs2)c1. The molecule has 3 N–H and O–H groups in total. The van der Waals surface area contributed by atoms with Gasteiger partial charge in [0.25, 0.3) is 5.91 Å². The summed E-state index contributed by atoms with van der Waals surface area (Å²) in [5.74, 6) is -0.457. The fourth-order valence-electron chi connectivity index (χ4n) is 1.81. The van der Waals surface area contributed by atoms with Gasteiger partial charge in [0.15, 0.2) is 0 Å². The van der Waals surface area contributed by atoms with Crippen LogP contribution in [0, 0.1) is 0 Å². The predicted octanol–water partition coefficient (Wildman–Crippen LogP) is 2.16. The Bertz CT molecular complexity index is 664. The quantitative estimate of drug-likeness (QED) is 0.888. The third-order valence-electron chi connectivity index (χ3n) is 2.92. The summed E-state index contributed by atoms with van der Waals surface area (Å²) in [4.78, 5) is 25.5. The van der Waals surface area contributed by atoms with E-state index in [1.807, 2.05) is 18.2 Å². The van der Waals surface area contributed by atoms with Crippen molar-refractivity contribution in [2.45, 2.75) is 6.54 Å². The lowest BCUT2D eigenvalue weighted by Gasteiger charge is -2.11. The summed E-state index contributed by atoms with van der Waals surface area (Å²) in [5.41, 5.74) is 7.23. The van der Waals surface area contributed by atoms with E-state index in [-0.39, 0.29) is 5.91 Å². The van der Waals surface area contributed by atoms with Crippen molar-refractivity contribution in [1.82, 2.24) is 4.90 Å². The molecular formula is C15H17N3O2S. The standard InChI is InChI=1S/C15H17N3O2S/c1-18(2)15(20)10-4-3-5-12(6-10)17-8-13-7-11(9-21-13)14(16)19/h3-7,9,17H,8H2,1-2H3,(H2,16,19). The van der Waals surface area contributed by atoms with Crippen molar-refractivity contribution in [3.63, 3.8) is 0 Å². The number of hydrogen-bond donors (Lipinski definition) is 2. The molecule has 0 unspecified atom stereocenters. The Morgan fingerprint density at radius 1 is 1.24 bits per heavy atom. The maximum absolute atomic E-state index is 11.9. The van der Waals surface area contributed by atoms with Gasteiger partial charge in [-0.3, -0.25) is 9.59 Å². The van der Waals surface area contributed by atoms with Crippen LogP contribution in [0.4, 0.5) is 5.69 Å². The second kappa shape index (κ2) is 6.41. The summed E-state index contributed by atoms with van der Waals surface area (Å²) in [5, 5.41) is 4.98. The van der Waals surface area contributed by atoms with E-state index in [9.17, 15) is 9.59 Å². The number of benzene rings is 1. The molecule has 2 amide bonds. The summed E-state index contributed by atoms with van der Waals surface area (Å²) in [6.07, 6.45) is 0. The number of nitrogens with two attached hydrogens (primary N) is 1. The molecule has 1 aromatic carbocycles. The molecule has 110 valence electrons. The van der Waals surface area contributed by atoms with Crippen molar-refractivity contribution >= 4 is 28.8 Å². The number of carbonyl (C=O) groups excluding carboxylic acids is 2. The number of rotatable bonds is 5. The number of primary amides is 1. The molecule has 0 aliphatic heterocycles. The van der Waals surface area contributed by atoms with Crippen LogP contribution < -0.4 is 11.1 Å². The molecule has 0 atom stereocenters. The number of nitrogens with zero attached hydrogens (tertiary/aromatic N) is 1. The smallest absolute Gasteiger partial charge is 0.253 e. The first kappa shape index (κ1) is 15.1. The van der Waals surface area contributed by atoms with Gasteiger partial charge in [0.1, 0.15) is 0 Å². The van der Waals surface area contributed by atoms with E-state index >= 15 is 0 Å². The summed E-state index contributed by atoms with van der Waals surface area (Å²) in [7, 11) is 3.44. The Balaban J connectivity index is 2.04. The van der Waals surface area contributed by atoms with E-state index in [0.29, 0.717) is 17.7 Å². The van der Waals surface area contributed by atoms with E-state index < -0.39 is 5.91 Å². The molecule has 1 heterocycles. The Morgan fingerprint density at radius 3 is 2.62 bits per heavy atom. The van der Waals surface area contributed by atoms with Gasteiger partial charge in [-0.2, -0.15) is 0 Å². The van der Waals surface area contributed by atoms with Gasteiger partial charge in [-0.15, -0.1) is 11.3 Å². The van der Waals surface area contributed by atoms with Crippen molar-refractivity contribution in [3.8, 4) is 0 Å². The molecule has 0 fully saturated rings. The van der Waals surface area contributed by atoms with Crippen LogP contribution in [0.1, 0.15) is 25.6 Å². The maximum Gasteiger partial charge on any atom is 0.253 e. The van der Waals surface area contributed by atoms with Crippen LogP contribution in [-0.4, -0.2) is 30.8 Å². The number of hydrogen-bond acceptors (Lipinski definition) is 4. The molecule has 21 heavy (non-hydrogen) atoms. The minimum Gasteiger partial charge on any atom is -0.380 e.